The maximum absolute atomic E-state index is 6.09. The topological polar surface area (TPSA) is 18.5 Å². The lowest BCUT2D eigenvalue weighted by molar-refractivity contribution is 0.354. The highest BCUT2D eigenvalue weighted by atomic mass is 79.9. The van der Waals surface area contributed by atoms with Crippen LogP contribution >= 0.6 is 27.5 Å². The highest BCUT2D eigenvalue weighted by molar-refractivity contribution is 9.09. The Balaban J connectivity index is 2.42. The van der Waals surface area contributed by atoms with Crippen molar-refractivity contribution in [1.29, 1.82) is 0 Å². The van der Waals surface area contributed by atoms with Crippen molar-refractivity contribution < 1.29 is 9.47 Å². The van der Waals surface area contributed by atoms with Gasteiger partial charge in [-0.1, -0.05) is 39.7 Å². The summed E-state index contributed by atoms with van der Waals surface area (Å²) in [5, 5.41) is 0.732. The molecule has 4 heteroatoms. The van der Waals surface area contributed by atoms with E-state index >= 15 is 0 Å². The van der Waals surface area contributed by atoms with Crippen LogP contribution in [0.2, 0.25) is 5.02 Å². The van der Waals surface area contributed by atoms with Gasteiger partial charge in [0, 0.05) is 5.02 Å². The molecule has 0 fully saturated rings. The van der Waals surface area contributed by atoms with Crippen molar-refractivity contribution in [3.8, 4) is 11.5 Å². The number of methoxy groups -OCH3 is 2. The third-order valence-corrected chi connectivity index (χ3v) is 4.47. The molecule has 0 saturated heterocycles. The summed E-state index contributed by atoms with van der Waals surface area (Å²) in [6.07, 6.45) is 0. The van der Waals surface area contributed by atoms with Crippen molar-refractivity contribution in [3.05, 3.63) is 58.1 Å². The Kier molecular flexibility index (Phi) is 4.95. The van der Waals surface area contributed by atoms with Gasteiger partial charge < -0.3 is 9.47 Å². The first kappa shape index (κ1) is 15.2. The largest absolute Gasteiger partial charge is 0.493 e. The summed E-state index contributed by atoms with van der Waals surface area (Å²) < 4.78 is 10.6. The Bertz CT molecular complexity index is 613. The van der Waals surface area contributed by atoms with Gasteiger partial charge >= 0.3 is 0 Å². The van der Waals surface area contributed by atoms with Crippen LogP contribution in [0, 0.1) is 6.92 Å². The molecular formula is C16H16BrClO2. The number of aryl methyl sites for hydroxylation is 1. The second kappa shape index (κ2) is 6.51. The molecule has 0 aliphatic carbocycles. The number of rotatable bonds is 4. The summed E-state index contributed by atoms with van der Waals surface area (Å²) >= 11 is 9.82. The van der Waals surface area contributed by atoms with Gasteiger partial charge in [0.15, 0.2) is 11.5 Å². The molecule has 0 bridgehead atoms. The van der Waals surface area contributed by atoms with Crippen molar-refractivity contribution in [3.63, 3.8) is 0 Å². The summed E-state index contributed by atoms with van der Waals surface area (Å²) in [6, 6.07) is 11.8. The van der Waals surface area contributed by atoms with Gasteiger partial charge in [0.2, 0.25) is 0 Å². The van der Waals surface area contributed by atoms with Crippen LogP contribution in [-0.2, 0) is 0 Å². The zero-order valence-corrected chi connectivity index (χ0v) is 14.0. The van der Waals surface area contributed by atoms with E-state index in [0.717, 1.165) is 21.9 Å². The number of hydrogen-bond donors (Lipinski definition) is 0. The lowest BCUT2D eigenvalue weighted by atomic mass is 10.00. The summed E-state index contributed by atoms with van der Waals surface area (Å²) in [5.74, 6) is 1.44. The molecular weight excluding hydrogens is 340 g/mol. The fourth-order valence-electron chi connectivity index (χ4n) is 2.07. The summed E-state index contributed by atoms with van der Waals surface area (Å²) in [5.41, 5.74) is 3.42. The Labute approximate surface area is 132 Å². The average molecular weight is 356 g/mol. The van der Waals surface area contributed by atoms with Gasteiger partial charge in [-0.25, -0.2) is 0 Å². The highest BCUT2D eigenvalue weighted by Crippen LogP contribution is 2.38. The Hall–Kier alpha value is -1.19. The van der Waals surface area contributed by atoms with E-state index in [1.165, 1.54) is 5.56 Å². The number of alkyl halides is 1. The van der Waals surface area contributed by atoms with Crippen LogP contribution in [-0.4, -0.2) is 14.2 Å². The smallest absolute Gasteiger partial charge is 0.161 e. The molecule has 0 amide bonds. The molecule has 0 heterocycles. The molecule has 0 N–H and O–H groups in total. The standard InChI is InChI=1S/C16H16BrClO2/c1-10-4-6-12(18)9-13(10)16(17)11-5-7-14(19-2)15(8-11)20-3/h4-9,16H,1-3H3. The first-order chi connectivity index (χ1) is 9.56. The van der Waals surface area contributed by atoms with Gasteiger partial charge in [0.25, 0.3) is 0 Å². The zero-order chi connectivity index (χ0) is 14.7. The van der Waals surface area contributed by atoms with Crippen LogP contribution in [0.3, 0.4) is 0 Å². The molecule has 2 aromatic rings. The van der Waals surface area contributed by atoms with Crippen molar-refractivity contribution in [2.75, 3.05) is 14.2 Å². The van der Waals surface area contributed by atoms with Gasteiger partial charge in [0.1, 0.15) is 0 Å². The first-order valence-corrected chi connectivity index (χ1v) is 7.48. The summed E-state index contributed by atoms with van der Waals surface area (Å²) in [7, 11) is 3.26. The SMILES string of the molecule is COc1ccc(C(Br)c2cc(Cl)ccc2C)cc1OC. The minimum absolute atomic E-state index is 0.0565. The molecule has 0 radical (unpaired) electrons. The second-order valence-corrected chi connectivity index (χ2v) is 5.83. The van der Waals surface area contributed by atoms with Gasteiger partial charge in [-0.15, -0.1) is 0 Å². The molecule has 1 unspecified atom stereocenters. The van der Waals surface area contributed by atoms with Gasteiger partial charge in [-0.2, -0.15) is 0 Å². The lowest BCUT2D eigenvalue weighted by Gasteiger charge is -2.16. The quantitative estimate of drug-likeness (QED) is 0.706. The van der Waals surface area contributed by atoms with E-state index in [2.05, 4.69) is 22.9 Å². The van der Waals surface area contributed by atoms with Gasteiger partial charge in [-0.05, 0) is 47.9 Å². The van der Waals surface area contributed by atoms with E-state index in [1.54, 1.807) is 14.2 Å². The Morgan fingerprint density at radius 3 is 2.35 bits per heavy atom. The number of hydrogen-bond acceptors (Lipinski definition) is 2. The average Bonchev–Trinajstić information content (AvgIpc) is 2.48. The molecule has 20 heavy (non-hydrogen) atoms. The number of benzene rings is 2. The Morgan fingerprint density at radius 2 is 1.70 bits per heavy atom. The highest BCUT2D eigenvalue weighted by Gasteiger charge is 2.15. The molecule has 0 aliphatic heterocycles. The van der Waals surface area contributed by atoms with E-state index in [0.29, 0.717) is 5.75 Å². The Morgan fingerprint density at radius 1 is 1.00 bits per heavy atom. The second-order valence-electron chi connectivity index (χ2n) is 4.48. The molecule has 1 atom stereocenters. The normalized spacial score (nSPS) is 12.1. The molecule has 0 spiro atoms. The minimum Gasteiger partial charge on any atom is -0.493 e. The van der Waals surface area contributed by atoms with Gasteiger partial charge in [0.05, 0.1) is 19.0 Å². The monoisotopic (exact) mass is 354 g/mol. The van der Waals surface area contributed by atoms with Crippen molar-refractivity contribution in [2.24, 2.45) is 0 Å². The van der Waals surface area contributed by atoms with Crippen LogP contribution in [0.1, 0.15) is 21.5 Å². The van der Waals surface area contributed by atoms with E-state index < -0.39 is 0 Å². The molecule has 0 aliphatic rings. The van der Waals surface area contributed by atoms with Crippen LogP contribution in [0.4, 0.5) is 0 Å². The first-order valence-electron chi connectivity index (χ1n) is 6.19. The maximum Gasteiger partial charge on any atom is 0.161 e. The molecule has 2 rings (SSSR count). The molecule has 0 saturated carbocycles. The third kappa shape index (κ3) is 3.10. The van der Waals surface area contributed by atoms with Crippen molar-refractivity contribution in [1.82, 2.24) is 0 Å². The van der Waals surface area contributed by atoms with Gasteiger partial charge in [-0.3, -0.25) is 0 Å². The molecule has 2 aromatic carbocycles. The molecule has 2 nitrogen and oxygen atoms in total. The maximum atomic E-state index is 6.09. The van der Waals surface area contributed by atoms with E-state index in [4.69, 9.17) is 21.1 Å². The summed E-state index contributed by atoms with van der Waals surface area (Å²) in [6.45, 7) is 2.07. The van der Waals surface area contributed by atoms with Crippen molar-refractivity contribution >= 4 is 27.5 Å². The van der Waals surface area contributed by atoms with Crippen LogP contribution < -0.4 is 9.47 Å². The minimum atomic E-state index is 0.0565. The predicted octanol–water partition coefficient (Wildman–Crippen LogP) is 5.15. The van der Waals surface area contributed by atoms with E-state index in [9.17, 15) is 0 Å². The van der Waals surface area contributed by atoms with E-state index in [1.807, 2.05) is 36.4 Å². The van der Waals surface area contributed by atoms with Crippen LogP contribution in [0.5, 0.6) is 11.5 Å². The number of ether oxygens (including phenoxy) is 2. The third-order valence-electron chi connectivity index (χ3n) is 3.21. The van der Waals surface area contributed by atoms with Crippen LogP contribution in [0.15, 0.2) is 36.4 Å². The molecule has 0 aromatic heterocycles. The fraction of sp³-hybridized carbons (Fsp3) is 0.250. The lowest BCUT2D eigenvalue weighted by Crippen LogP contribution is -1.98. The summed E-state index contributed by atoms with van der Waals surface area (Å²) in [4.78, 5) is 0.0565. The fourth-order valence-corrected chi connectivity index (χ4v) is 3.03. The van der Waals surface area contributed by atoms with E-state index in [-0.39, 0.29) is 4.83 Å². The van der Waals surface area contributed by atoms with Crippen LogP contribution in [0.25, 0.3) is 0 Å². The molecule has 106 valence electrons. The van der Waals surface area contributed by atoms with Crippen molar-refractivity contribution in [2.45, 2.75) is 11.8 Å². The predicted molar refractivity (Wildman–Crippen MR) is 86.5 cm³/mol. The number of halogens is 2. The zero-order valence-electron chi connectivity index (χ0n) is 11.6.